The van der Waals surface area contributed by atoms with Crippen LogP contribution in [-0.2, 0) is 10.0 Å². The van der Waals surface area contributed by atoms with Gasteiger partial charge in [0.25, 0.3) is 10.0 Å². The van der Waals surface area contributed by atoms with E-state index >= 15 is 0 Å². The summed E-state index contributed by atoms with van der Waals surface area (Å²) in [6.45, 7) is 8.38. The molecule has 0 radical (unpaired) electrons. The SMILES string of the molecule is CC(C)CCSC1=NS(=O)(=O)c2cc(C(C)C)ccc2N1. The number of thioether (sulfide) groups is 1. The lowest BCUT2D eigenvalue weighted by atomic mass is 10.0. The normalized spacial score (nSPS) is 16.6. The second kappa shape index (κ2) is 6.40. The summed E-state index contributed by atoms with van der Waals surface area (Å²) in [6.07, 6.45) is 1.03. The fourth-order valence-electron chi connectivity index (χ4n) is 1.96. The number of benzene rings is 1. The van der Waals surface area contributed by atoms with Crippen molar-refractivity contribution >= 4 is 32.6 Å². The molecule has 0 saturated carbocycles. The van der Waals surface area contributed by atoms with Crippen molar-refractivity contribution in [2.24, 2.45) is 10.3 Å². The Labute approximate surface area is 131 Å². The van der Waals surface area contributed by atoms with Crippen molar-refractivity contribution in [2.45, 2.75) is 44.9 Å². The minimum absolute atomic E-state index is 0.280. The van der Waals surface area contributed by atoms with Gasteiger partial charge in [-0.2, -0.15) is 8.42 Å². The number of sulfonamides is 1. The highest BCUT2D eigenvalue weighted by molar-refractivity contribution is 8.14. The smallest absolute Gasteiger partial charge is 0.286 e. The molecule has 0 saturated heterocycles. The van der Waals surface area contributed by atoms with Gasteiger partial charge in [0.1, 0.15) is 4.90 Å². The van der Waals surface area contributed by atoms with Crippen molar-refractivity contribution in [3.63, 3.8) is 0 Å². The largest absolute Gasteiger partial charge is 0.333 e. The quantitative estimate of drug-likeness (QED) is 0.906. The Morgan fingerprint density at radius 1 is 1.24 bits per heavy atom. The molecular weight excluding hydrogens is 304 g/mol. The molecule has 0 spiro atoms. The van der Waals surface area contributed by atoms with E-state index in [0.717, 1.165) is 17.7 Å². The topological polar surface area (TPSA) is 58.5 Å². The van der Waals surface area contributed by atoms with Crippen molar-refractivity contribution in [3.8, 4) is 0 Å². The van der Waals surface area contributed by atoms with Crippen LogP contribution in [0.25, 0.3) is 0 Å². The van der Waals surface area contributed by atoms with Gasteiger partial charge in [0.15, 0.2) is 5.17 Å². The number of fused-ring (bicyclic) bond motifs is 1. The Morgan fingerprint density at radius 2 is 1.95 bits per heavy atom. The van der Waals surface area contributed by atoms with Crippen molar-refractivity contribution in [1.82, 2.24) is 0 Å². The zero-order chi connectivity index (χ0) is 15.6. The molecule has 21 heavy (non-hydrogen) atoms. The van der Waals surface area contributed by atoms with Gasteiger partial charge in [-0.1, -0.05) is 45.5 Å². The van der Waals surface area contributed by atoms with Gasteiger partial charge in [0.05, 0.1) is 5.69 Å². The van der Waals surface area contributed by atoms with Gasteiger partial charge in [-0.3, -0.25) is 0 Å². The molecule has 4 nitrogen and oxygen atoms in total. The standard InChI is InChI=1S/C15H22N2O2S2/c1-10(2)7-8-20-15-16-13-6-5-12(11(3)4)9-14(13)21(18,19)17-15/h5-6,9-11H,7-8H2,1-4H3,(H,16,17). The Morgan fingerprint density at radius 3 is 2.57 bits per heavy atom. The van der Waals surface area contributed by atoms with Crippen LogP contribution in [0.3, 0.4) is 0 Å². The fourth-order valence-corrected chi connectivity index (χ4v) is 4.48. The monoisotopic (exact) mass is 326 g/mol. The van der Waals surface area contributed by atoms with E-state index in [9.17, 15) is 8.42 Å². The van der Waals surface area contributed by atoms with E-state index in [1.165, 1.54) is 11.8 Å². The molecule has 0 amide bonds. The summed E-state index contributed by atoms with van der Waals surface area (Å²) in [5.74, 6) is 1.74. The van der Waals surface area contributed by atoms with Crippen molar-refractivity contribution in [1.29, 1.82) is 0 Å². The number of anilines is 1. The van der Waals surface area contributed by atoms with Crippen LogP contribution in [0, 0.1) is 5.92 Å². The first-order valence-corrected chi connectivity index (χ1v) is 9.61. The lowest BCUT2D eigenvalue weighted by Crippen LogP contribution is -2.19. The molecule has 1 aromatic carbocycles. The van der Waals surface area contributed by atoms with Crippen LogP contribution in [0.4, 0.5) is 5.69 Å². The molecule has 6 heteroatoms. The lowest BCUT2D eigenvalue weighted by Gasteiger charge is -2.19. The molecule has 0 unspecified atom stereocenters. The highest BCUT2D eigenvalue weighted by atomic mass is 32.2. The van der Waals surface area contributed by atoms with Gasteiger partial charge < -0.3 is 5.32 Å². The first-order chi connectivity index (χ1) is 9.79. The maximum atomic E-state index is 12.3. The number of rotatable bonds is 4. The van der Waals surface area contributed by atoms with Crippen LogP contribution >= 0.6 is 11.8 Å². The molecule has 0 fully saturated rings. The van der Waals surface area contributed by atoms with E-state index < -0.39 is 10.0 Å². The molecule has 0 bridgehead atoms. The molecule has 2 rings (SSSR count). The maximum Gasteiger partial charge on any atom is 0.286 e. The summed E-state index contributed by atoms with van der Waals surface area (Å²) in [4.78, 5) is 0.280. The molecule has 0 aliphatic carbocycles. The summed E-state index contributed by atoms with van der Waals surface area (Å²) >= 11 is 1.46. The van der Waals surface area contributed by atoms with Gasteiger partial charge in [0, 0.05) is 5.75 Å². The molecule has 0 aromatic heterocycles. The van der Waals surface area contributed by atoms with Gasteiger partial charge in [-0.25, -0.2) is 0 Å². The average molecular weight is 326 g/mol. The molecular formula is C15H22N2O2S2. The minimum atomic E-state index is -3.59. The fraction of sp³-hybridized carbons (Fsp3) is 0.533. The highest BCUT2D eigenvalue weighted by Gasteiger charge is 2.25. The molecule has 1 heterocycles. The number of hydrogen-bond donors (Lipinski definition) is 1. The first kappa shape index (κ1) is 16.4. The third-order valence-corrected chi connectivity index (χ3v) is 5.67. The van der Waals surface area contributed by atoms with Gasteiger partial charge in [0.2, 0.25) is 0 Å². The van der Waals surface area contributed by atoms with Crippen LogP contribution in [0.5, 0.6) is 0 Å². The van der Waals surface area contributed by atoms with Crippen molar-refractivity contribution in [3.05, 3.63) is 23.8 Å². The molecule has 1 N–H and O–H groups in total. The average Bonchev–Trinajstić information content (AvgIpc) is 2.37. The summed E-state index contributed by atoms with van der Waals surface area (Å²) in [6, 6.07) is 5.52. The number of amidine groups is 1. The van der Waals surface area contributed by atoms with E-state index in [-0.39, 0.29) is 10.8 Å². The van der Waals surface area contributed by atoms with Gasteiger partial charge in [-0.15, -0.1) is 4.40 Å². The first-order valence-electron chi connectivity index (χ1n) is 7.18. The second-order valence-electron chi connectivity index (χ2n) is 5.94. The van der Waals surface area contributed by atoms with Gasteiger partial charge in [-0.05, 0) is 36.0 Å². The lowest BCUT2D eigenvalue weighted by molar-refractivity contribution is 0.597. The Balaban J connectivity index is 2.23. The highest BCUT2D eigenvalue weighted by Crippen LogP contribution is 2.32. The van der Waals surface area contributed by atoms with Crippen LogP contribution < -0.4 is 5.32 Å². The third-order valence-electron chi connectivity index (χ3n) is 3.33. The predicted molar refractivity (Wildman–Crippen MR) is 90.7 cm³/mol. The summed E-state index contributed by atoms with van der Waals surface area (Å²) in [7, 11) is -3.59. The van der Waals surface area contributed by atoms with Crippen LogP contribution in [0.1, 0.15) is 45.6 Å². The number of hydrogen-bond acceptors (Lipinski definition) is 4. The molecule has 1 aromatic rings. The van der Waals surface area contributed by atoms with Crippen molar-refractivity contribution < 1.29 is 8.42 Å². The van der Waals surface area contributed by atoms with Gasteiger partial charge >= 0.3 is 0 Å². The number of nitrogens with one attached hydrogen (secondary N) is 1. The molecule has 116 valence electrons. The van der Waals surface area contributed by atoms with Crippen LogP contribution in [0.2, 0.25) is 0 Å². The Kier molecular flexibility index (Phi) is 4.99. The summed E-state index contributed by atoms with van der Waals surface area (Å²) in [5, 5.41) is 3.60. The molecule has 0 atom stereocenters. The van der Waals surface area contributed by atoms with Crippen LogP contribution in [0.15, 0.2) is 27.5 Å². The Bertz CT molecular complexity index is 650. The van der Waals surface area contributed by atoms with Crippen molar-refractivity contribution in [2.75, 3.05) is 11.1 Å². The Hall–Kier alpha value is -1.01. The van der Waals surface area contributed by atoms with E-state index in [0.29, 0.717) is 16.8 Å². The third kappa shape index (κ3) is 4.01. The maximum absolute atomic E-state index is 12.3. The van der Waals surface area contributed by atoms with E-state index in [2.05, 4.69) is 23.6 Å². The predicted octanol–water partition coefficient (Wildman–Crippen LogP) is 4.06. The van der Waals surface area contributed by atoms with E-state index in [1.807, 2.05) is 26.0 Å². The van der Waals surface area contributed by atoms with Crippen LogP contribution in [-0.4, -0.2) is 19.3 Å². The number of nitrogens with zero attached hydrogens (tertiary/aromatic N) is 1. The van der Waals surface area contributed by atoms with E-state index in [1.54, 1.807) is 6.07 Å². The second-order valence-corrected chi connectivity index (χ2v) is 8.59. The summed E-state index contributed by atoms with van der Waals surface area (Å²) in [5.41, 5.74) is 1.63. The summed E-state index contributed by atoms with van der Waals surface area (Å²) < 4.78 is 28.5. The molecule has 1 aliphatic heterocycles. The zero-order valence-corrected chi connectivity index (χ0v) is 14.5. The molecule has 1 aliphatic rings. The van der Waals surface area contributed by atoms with E-state index in [4.69, 9.17) is 0 Å². The minimum Gasteiger partial charge on any atom is -0.333 e. The zero-order valence-electron chi connectivity index (χ0n) is 12.9.